The number of amides is 1. The number of hydrogen-bond acceptors (Lipinski definition) is 3. The van der Waals surface area contributed by atoms with E-state index in [-0.39, 0.29) is 0 Å². The van der Waals surface area contributed by atoms with Gasteiger partial charge in [0.25, 0.3) is 0 Å². The van der Waals surface area contributed by atoms with E-state index in [0.717, 1.165) is 30.5 Å². The van der Waals surface area contributed by atoms with E-state index < -0.39 is 11.9 Å². The van der Waals surface area contributed by atoms with Gasteiger partial charge in [0.2, 0.25) is 0 Å². The number of carbonyl (C=O) groups excluding carboxylic acids is 2. The number of rotatable bonds is 0. The molecule has 0 N–H and O–H groups in total. The zero-order valence-corrected chi connectivity index (χ0v) is 9.81. The highest BCUT2D eigenvalue weighted by molar-refractivity contribution is 6.38. The van der Waals surface area contributed by atoms with Gasteiger partial charge in [-0.15, -0.1) is 0 Å². The fourth-order valence-electron chi connectivity index (χ4n) is 2.10. The van der Waals surface area contributed by atoms with E-state index in [9.17, 15) is 9.59 Å². The molecule has 1 heterocycles. The van der Waals surface area contributed by atoms with Crippen molar-refractivity contribution in [3.05, 3.63) is 29.8 Å². The van der Waals surface area contributed by atoms with Gasteiger partial charge in [-0.3, -0.25) is 4.79 Å². The number of nitrogens with zero attached hydrogens (tertiary/aromatic N) is 1. The molecular weight excluding hydrogens is 218 g/mol. The molecule has 0 spiro atoms. The lowest BCUT2D eigenvalue weighted by molar-refractivity contribution is -0.151. The first-order chi connectivity index (χ1) is 8.24. The topological polar surface area (TPSA) is 46.6 Å². The number of para-hydroxylation sites is 1. The second-order valence-electron chi connectivity index (χ2n) is 4.03. The molecule has 4 nitrogen and oxygen atoms in total. The molecular formula is C13H15NO3. The van der Waals surface area contributed by atoms with Crippen molar-refractivity contribution in [1.82, 2.24) is 0 Å². The Morgan fingerprint density at radius 2 is 2.00 bits per heavy atom. The third-order valence-corrected chi connectivity index (χ3v) is 2.97. The Morgan fingerprint density at radius 1 is 1.24 bits per heavy atom. The fraction of sp³-hybridized carbons (Fsp3) is 0.385. The van der Waals surface area contributed by atoms with Crippen molar-refractivity contribution < 1.29 is 14.3 Å². The van der Waals surface area contributed by atoms with Crippen molar-refractivity contribution in [3.63, 3.8) is 0 Å². The Balaban J connectivity index is 2.35. The van der Waals surface area contributed by atoms with Gasteiger partial charge in [-0.25, -0.2) is 4.79 Å². The highest BCUT2D eigenvalue weighted by atomic mass is 16.5. The molecule has 2 rings (SSSR count). The standard InChI is InChI=1S/C13H15NO3/c1-17-13(16)12(15)14-9-5-4-7-10-6-2-3-8-11(10)14/h2-3,6,8H,4-5,7,9H2,1H3. The molecule has 1 aromatic carbocycles. The molecule has 0 saturated carbocycles. The van der Waals surface area contributed by atoms with Crippen LogP contribution in [0.5, 0.6) is 0 Å². The summed E-state index contributed by atoms with van der Waals surface area (Å²) in [5.41, 5.74) is 1.95. The minimum absolute atomic E-state index is 0.574. The minimum Gasteiger partial charge on any atom is -0.462 e. The molecule has 0 aromatic heterocycles. The number of ether oxygens (including phenoxy) is 1. The summed E-state index contributed by atoms with van der Waals surface area (Å²) >= 11 is 0. The van der Waals surface area contributed by atoms with E-state index in [1.54, 1.807) is 0 Å². The Morgan fingerprint density at radius 3 is 2.76 bits per heavy atom. The number of aryl methyl sites for hydroxylation is 1. The van der Waals surface area contributed by atoms with Gasteiger partial charge in [-0.1, -0.05) is 18.2 Å². The average molecular weight is 233 g/mol. The summed E-state index contributed by atoms with van der Waals surface area (Å²) in [4.78, 5) is 24.7. The van der Waals surface area contributed by atoms with Crippen molar-refractivity contribution in [3.8, 4) is 0 Å². The van der Waals surface area contributed by atoms with Crippen LogP contribution >= 0.6 is 0 Å². The number of carbonyl (C=O) groups is 2. The van der Waals surface area contributed by atoms with Crippen LogP contribution in [0, 0.1) is 0 Å². The van der Waals surface area contributed by atoms with Gasteiger partial charge < -0.3 is 9.64 Å². The fourth-order valence-corrected chi connectivity index (χ4v) is 2.10. The van der Waals surface area contributed by atoms with Crippen LogP contribution in [-0.4, -0.2) is 25.5 Å². The molecule has 0 fully saturated rings. The first-order valence-corrected chi connectivity index (χ1v) is 5.71. The van der Waals surface area contributed by atoms with Crippen LogP contribution in [0.4, 0.5) is 5.69 Å². The van der Waals surface area contributed by atoms with Gasteiger partial charge in [0.15, 0.2) is 0 Å². The van der Waals surface area contributed by atoms with Crippen LogP contribution < -0.4 is 4.90 Å². The van der Waals surface area contributed by atoms with Crippen molar-refractivity contribution in [2.75, 3.05) is 18.6 Å². The molecule has 1 aliphatic heterocycles. The molecule has 0 unspecified atom stereocenters. The number of esters is 1. The van der Waals surface area contributed by atoms with E-state index in [2.05, 4.69) is 4.74 Å². The van der Waals surface area contributed by atoms with Crippen LogP contribution in [0.1, 0.15) is 18.4 Å². The maximum Gasteiger partial charge on any atom is 0.397 e. The first-order valence-electron chi connectivity index (χ1n) is 5.71. The molecule has 0 radical (unpaired) electrons. The lowest BCUT2D eigenvalue weighted by Gasteiger charge is -2.21. The summed E-state index contributed by atoms with van der Waals surface area (Å²) in [6.07, 6.45) is 2.88. The maximum absolute atomic E-state index is 11.9. The minimum atomic E-state index is -0.804. The van der Waals surface area contributed by atoms with E-state index >= 15 is 0 Å². The largest absolute Gasteiger partial charge is 0.462 e. The highest BCUT2D eigenvalue weighted by Gasteiger charge is 2.26. The highest BCUT2D eigenvalue weighted by Crippen LogP contribution is 2.26. The third-order valence-electron chi connectivity index (χ3n) is 2.97. The molecule has 4 heteroatoms. The van der Waals surface area contributed by atoms with Gasteiger partial charge in [0, 0.05) is 12.2 Å². The van der Waals surface area contributed by atoms with Gasteiger partial charge in [0.05, 0.1) is 7.11 Å². The van der Waals surface area contributed by atoms with Crippen LogP contribution in [0.2, 0.25) is 0 Å². The lowest BCUT2D eigenvalue weighted by atomic mass is 10.1. The summed E-state index contributed by atoms with van der Waals surface area (Å²) in [6.45, 7) is 0.574. The van der Waals surface area contributed by atoms with Crippen LogP contribution in [-0.2, 0) is 20.7 Å². The summed E-state index contributed by atoms with van der Waals surface area (Å²) in [5, 5.41) is 0. The van der Waals surface area contributed by atoms with Gasteiger partial charge in [0.1, 0.15) is 0 Å². The number of hydrogen-bond donors (Lipinski definition) is 0. The zero-order valence-electron chi connectivity index (χ0n) is 9.81. The van der Waals surface area contributed by atoms with E-state index in [0.29, 0.717) is 6.54 Å². The van der Waals surface area contributed by atoms with Gasteiger partial charge >= 0.3 is 11.9 Å². The smallest absolute Gasteiger partial charge is 0.397 e. The lowest BCUT2D eigenvalue weighted by Crippen LogP contribution is -2.37. The molecule has 1 aliphatic rings. The predicted molar refractivity (Wildman–Crippen MR) is 63.7 cm³/mol. The van der Waals surface area contributed by atoms with Crippen LogP contribution in [0.3, 0.4) is 0 Å². The quantitative estimate of drug-likeness (QED) is 0.504. The third kappa shape index (κ3) is 2.30. The monoisotopic (exact) mass is 233 g/mol. The number of methoxy groups -OCH3 is 1. The second kappa shape index (κ2) is 4.99. The SMILES string of the molecule is COC(=O)C(=O)N1CCCCc2ccccc21. The first kappa shape index (κ1) is 11.6. The average Bonchev–Trinajstić information content (AvgIpc) is 2.59. The number of anilines is 1. The Labute approximate surface area is 100 Å². The summed E-state index contributed by atoms with van der Waals surface area (Å²) in [7, 11) is 1.23. The van der Waals surface area contributed by atoms with Crippen molar-refractivity contribution in [2.45, 2.75) is 19.3 Å². The summed E-state index contributed by atoms with van der Waals surface area (Å²) in [5.74, 6) is -1.39. The van der Waals surface area contributed by atoms with Gasteiger partial charge in [-0.2, -0.15) is 0 Å². The summed E-state index contributed by atoms with van der Waals surface area (Å²) in [6, 6.07) is 7.70. The molecule has 0 atom stereocenters. The molecule has 0 saturated heterocycles. The van der Waals surface area contributed by atoms with E-state index in [1.165, 1.54) is 12.0 Å². The normalized spacial score (nSPS) is 14.8. The molecule has 0 bridgehead atoms. The molecule has 1 aromatic rings. The van der Waals surface area contributed by atoms with Crippen LogP contribution in [0.25, 0.3) is 0 Å². The van der Waals surface area contributed by atoms with Crippen molar-refractivity contribution >= 4 is 17.6 Å². The molecule has 1 amide bonds. The molecule has 90 valence electrons. The predicted octanol–water partition coefficient (Wildman–Crippen LogP) is 1.53. The second-order valence-corrected chi connectivity index (χ2v) is 4.03. The van der Waals surface area contributed by atoms with Gasteiger partial charge in [-0.05, 0) is 30.9 Å². The van der Waals surface area contributed by atoms with E-state index in [4.69, 9.17) is 0 Å². The zero-order chi connectivity index (χ0) is 12.3. The Kier molecular flexibility index (Phi) is 3.42. The molecule has 17 heavy (non-hydrogen) atoms. The number of benzene rings is 1. The maximum atomic E-state index is 11.9. The Hall–Kier alpha value is -1.84. The van der Waals surface area contributed by atoms with Crippen molar-refractivity contribution in [1.29, 1.82) is 0 Å². The summed E-state index contributed by atoms with van der Waals surface area (Å²) < 4.78 is 4.49. The number of fused-ring (bicyclic) bond motifs is 1. The Bertz CT molecular complexity index is 442. The van der Waals surface area contributed by atoms with Crippen molar-refractivity contribution in [2.24, 2.45) is 0 Å². The van der Waals surface area contributed by atoms with Crippen LogP contribution in [0.15, 0.2) is 24.3 Å². The molecule has 0 aliphatic carbocycles. The van der Waals surface area contributed by atoms with E-state index in [1.807, 2.05) is 24.3 Å².